The minimum absolute atomic E-state index is 0.602. The van der Waals surface area contributed by atoms with Crippen molar-refractivity contribution in [3.8, 4) is 16.3 Å². The summed E-state index contributed by atoms with van der Waals surface area (Å²) < 4.78 is 9.90. The average molecular weight is 180 g/mol. The van der Waals surface area contributed by atoms with E-state index < -0.39 is 0 Å². The molecule has 2 rings (SSSR count). The van der Waals surface area contributed by atoms with Gasteiger partial charge in [-0.1, -0.05) is 0 Å². The van der Waals surface area contributed by atoms with Gasteiger partial charge in [0.15, 0.2) is 5.75 Å². The van der Waals surface area contributed by atoms with E-state index in [1.807, 2.05) is 5.38 Å². The molecule has 0 saturated heterocycles. The topological polar surface area (TPSA) is 35.3 Å². The molecule has 0 bridgehead atoms. The molecule has 0 aliphatic carbocycles. The highest BCUT2D eigenvalue weighted by Gasteiger charge is 2.10. The van der Waals surface area contributed by atoms with E-state index in [1.54, 1.807) is 19.6 Å². The number of aromatic nitrogens is 1. The Kier molecular flexibility index (Phi) is 1.83. The lowest BCUT2D eigenvalue weighted by molar-refractivity contribution is 0.404. The Morgan fingerprint density at radius 3 is 3.25 bits per heavy atom. The zero-order valence-electron chi connectivity index (χ0n) is 6.40. The van der Waals surface area contributed by atoms with Gasteiger partial charge in [0.2, 0.25) is 6.26 Å². The number of hydrogen-bond donors (Lipinski definition) is 0. The van der Waals surface area contributed by atoms with E-state index in [0.717, 1.165) is 10.6 Å². The molecular weight excluding hydrogens is 174 g/mol. The zero-order valence-corrected chi connectivity index (χ0v) is 7.22. The summed E-state index contributed by atoms with van der Waals surface area (Å²) in [7, 11) is 1.58. The summed E-state index contributed by atoms with van der Waals surface area (Å²) in [5.74, 6) is 0.602. The zero-order chi connectivity index (χ0) is 8.39. The molecule has 2 aromatic rings. The molecule has 0 fully saturated rings. The maximum Gasteiger partial charge on any atom is 0.215 e. The SMILES string of the molecule is COc1[c]occ1-c1nccs1. The molecule has 0 aliphatic rings. The van der Waals surface area contributed by atoms with Crippen molar-refractivity contribution in [1.82, 2.24) is 4.98 Å². The highest BCUT2D eigenvalue weighted by atomic mass is 32.1. The third-order valence-corrected chi connectivity index (χ3v) is 2.25. The summed E-state index contributed by atoms with van der Waals surface area (Å²) in [6.45, 7) is 0. The van der Waals surface area contributed by atoms with Crippen molar-refractivity contribution in [3.05, 3.63) is 24.1 Å². The van der Waals surface area contributed by atoms with Crippen LogP contribution >= 0.6 is 11.3 Å². The molecule has 61 valence electrons. The van der Waals surface area contributed by atoms with Gasteiger partial charge >= 0.3 is 0 Å². The monoisotopic (exact) mass is 180 g/mol. The van der Waals surface area contributed by atoms with Gasteiger partial charge in [0.1, 0.15) is 11.3 Å². The molecule has 0 N–H and O–H groups in total. The highest BCUT2D eigenvalue weighted by Crippen LogP contribution is 2.31. The molecule has 0 aromatic carbocycles. The normalized spacial score (nSPS) is 10.1. The summed E-state index contributed by atoms with van der Waals surface area (Å²) >= 11 is 1.54. The summed E-state index contributed by atoms with van der Waals surface area (Å²) in [5, 5.41) is 2.79. The maximum absolute atomic E-state index is 5.03. The number of nitrogens with zero attached hydrogens (tertiary/aromatic N) is 1. The second-order valence-corrected chi connectivity index (χ2v) is 3.02. The van der Waals surface area contributed by atoms with Crippen LogP contribution < -0.4 is 4.74 Å². The van der Waals surface area contributed by atoms with Gasteiger partial charge in [-0.05, 0) is 0 Å². The van der Waals surface area contributed by atoms with Crippen LogP contribution in [0.1, 0.15) is 0 Å². The first-order chi connectivity index (χ1) is 5.92. The second kappa shape index (κ2) is 2.98. The Bertz CT molecular complexity index is 353. The first kappa shape index (κ1) is 7.36. The van der Waals surface area contributed by atoms with Crippen LogP contribution in [0, 0.1) is 6.26 Å². The molecule has 0 atom stereocenters. The van der Waals surface area contributed by atoms with Crippen molar-refractivity contribution in [2.24, 2.45) is 0 Å². The lowest BCUT2D eigenvalue weighted by Gasteiger charge is -1.94. The van der Waals surface area contributed by atoms with Gasteiger partial charge in [0.05, 0.1) is 12.7 Å². The van der Waals surface area contributed by atoms with Crippen LogP contribution in [-0.4, -0.2) is 12.1 Å². The molecule has 0 spiro atoms. The minimum atomic E-state index is 0.602. The van der Waals surface area contributed by atoms with Crippen LogP contribution in [0.4, 0.5) is 0 Å². The minimum Gasteiger partial charge on any atom is -0.492 e. The van der Waals surface area contributed by atoms with E-state index in [1.165, 1.54) is 11.3 Å². The van der Waals surface area contributed by atoms with Gasteiger partial charge in [-0.15, -0.1) is 11.3 Å². The number of rotatable bonds is 2. The lowest BCUT2D eigenvalue weighted by atomic mass is 10.3. The molecule has 12 heavy (non-hydrogen) atoms. The fraction of sp³-hybridized carbons (Fsp3) is 0.125. The first-order valence-electron chi connectivity index (χ1n) is 3.35. The van der Waals surface area contributed by atoms with Crippen molar-refractivity contribution in [3.63, 3.8) is 0 Å². The molecule has 0 aliphatic heterocycles. The van der Waals surface area contributed by atoms with Gasteiger partial charge in [-0.25, -0.2) is 4.98 Å². The van der Waals surface area contributed by atoms with Crippen molar-refractivity contribution in [1.29, 1.82) is 0 Å². The summed E-state index contributed by atoms with van der Waals surface area (Å²) in [6, 6.07) is 0. The third-order valence-electron chi connectivity index (χ3n) is 1.44. The van der Waals surface area contributed by atoms with E-state index in [0.29, 0.717) is 5.75 Å². The average Bonchev–Trinajstić information content (AvgIpc) is 2.74. The van der Waals surface area contributed by atoms with Gasteiger partial charge in [-0.2, -0.15) is 0 Å². The van der Waals surface area contributed by atoms with Crippen LogP contribution in [0.25, 0.3) is 10.6 Å². The molecule has 2 aromatic heterocycles. The van der Waals surface area contributed by atoms with Crippen LogP contribution in [0.15, 0.2) is 22.3 Å². The van der Waals surface area contributed by atoms with Crippen molar-refractivity contribution in [2.45, 2.75) is 0 Å². The Labute approximate surface area is 73.6 Å². The van der Waals surface area contributed by atoms with Gasteiger partial charge in [-0.3, -0.25) is 0 Å². The fourth-order valence-electron chi connectivity index (χ4n) is 0.906. The standard InChI is InChI=1S/C8H6NO2S/c1-10-7-5-11-4-6(7)8-9-2-3-12-8/h2-4H,1H3. The van der Waals surface area contributed by atoms with Crippen molar-refractivity contribution in [2.75, 3.05) is 7.11 Å². The first-order valence-corrected chi connectivity index (χ1v) is 4.23. The predicted molar refractivity (Wildman–Crippen MR) is 45.2 cm³/mol. The second-order valence-electron chi connectivity index (χ2n) is 2.12. The van der Waals surface area contributed by atoms with E-state index in [-0.39, 0.29) is 0 Å². The number of hydrogen-bond acceptors (Lipinski definition) is 4. The molecule has 3 nitrogen and oxygen atoms in total. The Balaban J connectivity index is 2.46. The van der Waals surface area contributed by atoms with Crippen LogP contribution in [0.5, 0.6) is 5.75 Å². The van der Waals surface area contributed by atoms with Gasteiger partial charge in [0, 0.05) is 11.6 Å². The lowest BCUT2D eigenvalue weighted by Crippen LogP contribution is -1.81. The van der Waals surface area contributed by atoms with Crippen LogP contribution in [0.3, 0.4) is 0 Å². The van der Waals surface area contributed by atoms with Crippen molar-refractivity contribution < 1.29 is 9.15 Å². The Morgan fingerprint density at radius 1 is 1.67 bits per heavy atom. The largest absolute Gasteiger partial charge is 0.492 e. The predicted octanol–water partition coefficient (Wildman–Crippen LogP) is 2.21. The fourth-order valence-corrected chi connectivity index (χ4v) is 1.55. The van der Waals surface area contributed by atoms with Gasteiger partial charge in [0.25, 0.3) is 0 Å². The van der Waals surface area contributed by atoms with Crippen LogP contribution in [0.2, 0.25) is 0 Å². The number of methoxy groups -OCH3 is 1. The van der Waals surface area contributed by atoms with E-state index in [2.05, 4.69) is 11.2 Å². The molecule has 0 saturated carbocycles. The molecule has 2 heterocycles. The number of ether oxygens (including phenoxy) is 1. The van der Waals surface area contributed by atoms with Crippen molar-refractivity contribution >= 4 is 11.3 Å². The summed E-state index contributed by atoms with van der Waals surface area (Å²) in [5.41, 5.74) is 0.854. The highest BCUT2D eigenvalue weighted by molar-refractivity contribution is 7.13. The quantitative estimate of drug-likeness (QED) is 0.710. The maximum atomic E-state index is 5.03. The molecular formula is C8H6NO2S. The number of furan rings is 1. The van der Waals surface area contributed by atoms with E-state index in [9.17, 15) is 0 Å². The van der Waals surface area contributed by atoms with E-state index >= 15 is 0 Å². The molecule has 1 radical (unpaired) electrons. The van der Waals surface area contributed by atoms with Gasteiger partial charge < -0.3 is 9.15 Å². The van der Waals surface area contributed by atoms with E-state index in [4.69, 9.17) is 9.15 Å². The summed E-state index contributed by atoms with van der Waals surface area (Å²) in [6.07, 6.45) is 5.94. The Hall–Kier alpha value is -1.29. The number of thiazole rings is 1. The molecule has 0 amide bonds. The molecule has 0 unspecified atom stereocenters. The third kappa shape index (κ3) is 1.10. The Morgan fingerprint density at radius 2 is 2.58 bits per heavy atom. The summed E-state index contributed by atoms with van der Waals surface area (Å²) in [4.78, 5) is 4.13. The molecule has 4 heteroatoms. The smallest absolute Gasteiger partial charge is 0.215 e. The van der Waals surface area contributed by atoms with Crippen LogP contribution in [-0.2, 0) is 0 Å².